The second kappa shape index (κ2) is 24.7. The molecule has 31 atom stereocenters. The molecule has 18 N–H and O–H groups in total. The van der Waals surface area contributed by atoms with Crippen molar-refractivity contribution in [3.05, 3.63) is 0 Å². The molecule has 32 nitrogen and oxygen atoms in total. The predicted molar refractivity (Wildman–Crippen MR) is 216 cm³/mol. The van der Waals surface area contributed by atoms with Gasteiger partial charge in [-0.1, -0.05) is 0 Å². The predicted octanol–water partition coefficient (Wildman–Crippen LogP) is -12.2. The molecule has 22 heterocycles. The maximum atomic E-state index is 11.8. The molecule has 22 fully saturated rings. The maximum absolute atomic E-state index is 11.8. The van der Waals surface area contributed by atoms with E-state index in [4.69, 9.17) is 61.6 Å². The first kappa shape index (κ1) is 58.0. The van der Waals surface area contributed by atoms with E-state index in [1.807, 2.05) is 0 Å². The summed E-state index contributed by atoms with van der Waals surface area (Å²) in [5.41, 5.74) is 0. The standard InChI is InChI=1S/C40H66O32/c1-9(2-16(47)48)60-34-27(59)40-66-15(8-46)33(34)72-39-26(58)21(53)31(13(6-44)65-39)70-37-24(56)19(51)29(11(4-42)63-37)68-35-22(54)17(49)28(10(3-41)61-35)67-36-23(55)18(50)30(12(5-43)62-36)69-38-25(57)20(52)32(71-40)14(7-45)64-38/h9-15,17-46,49-59H,2-8H2,1H3,(H,47,48)/t9?,10-,11-,12-,13-,14-,15-,17-,18-,19-,20-,21-,22-,23-,24-,25-,26-,27-,28-,29-,30-,31-,32-,33+,34-,35-,36-,37-,38-,39-,40-/m1/s1. The Labute approximate surface area is 407 Å². The van der Waals surface area contributed by atoms with Gasteiger partial charge in [0.25, 0.3) is 0 Å². The largest absolute Gasteiger partial charge is 0.481 e. The summed E-state index contributed by atoms with van der Waals surface area (Å²) in [5.74, 6) is -1.36. The third-order valence-electron chi connectivity index (χ3n) is 13.5. The molecule has 0 aromatic heterocycles. The van der Waals surface area contributed by atoms with Gasteiger partial charge in [-0.3, -0.25) is 4.79 Å². The van der Waals surface area contributed by atoms with Crippen LogP contribution in [0.1, 0.15) is 13.3 Å². The molecule has 22 rings (SSSR count). The SMILES string of the molecule is CC(CC(=O)O)O[C@@H]1[C@@H](O)[C@H]2O[C@H]3[C@H](O)[C@@H](O)[C@@H](O[C@H]4[C@H](O)[C@@H](O)[C@@H](O[C@H]5[C@H](O)[C@@H](O)[C@@H](O[C@H]6[C@H](O)[C@@H](O)[C@@H](O[C@H]7[C@H](O)[C@@H](O)[C@@H](O[C@H]1[C@@H](CO)O2)O[C@@H]7CO)O[C@@H]6CO)O[C@@H]5CO)O[C@@H]4CO)O[C@@H]3CO. The van der Waals surface area contributed by atoms with Crippen molar-refractivity contribution in [3.63, 3.8) is 0 Å². The number of carboxylic acids is 1. The van der Waals surface area contributed by atoms with Crippen molar-refractivity contribution >= 4 is 5.97 Å². The lowest BCUT2D eigenvalue weighted by Crippen LogP contribution is -2.69. The maximum Gasteiger partial charge on any atom is 0.305 e. The number of hydrogen-bond acceptors (Lipinski definition) is 31. The van der Waals surface area contributed by atoms with Gasteiger partial charge in [-0.25, -0.2) is 0 Å². The number of hydrogen-bond donors (Lipinski definition) is 18. The summed E-state index contributed by atoms with van der Waals surface area (Å²) < 4.78 is 74.8. The van der Waals surface area contributed by atoms with Crippen LogP contribution in [-0.2, 0) is 66.4 Å². The van der Waals surface area contributed by atoms with Crippen molar-refractivity contribution < 1.29 is 158 Å². The zero-order chi connectivity index (χ0) is 52.6. The summed E-state index contributed by atoms with van der Waals surface area (Å²) in [4.78, 5) is 11.7. The van der Waals surface area contributed by atoms with E-state index < -0.39 is 242 Å². The number of aliphatic carboxylic acids is 1. The first-order valence-electron chi connectivity index (χ1n) is 23.1. The molecule has 0 spiro atoms. The van der Waals surface area contributed by atoms with Crippen LogP contribution in [0.2, 0.25) is 0 Å². The summed E-state index contributed by atoms with van der Waals surface area (Å²) in [6, 6.07) is 0. The summed E-state index contributed by atoms with van der Waals surface area (Å²) in [7, 11) is 0. The van der Waals surface area contributed by atoms with Crippen molar-refractivity contribution in [1.29, 1.82) is 0 Å². The molecule has 32 heteroatoms. The lowest BCUT2D eigenvalue weighted by molar-refractivity contribution is -0.405. The molecule has 0 aliphatic carbocycles. The van der Waals surface area contributed by atoms with E-state index >= 15 is 0 Å². The molecule has 12 bridgehead atoms. The Morgan fingerprint density at radius 1 is 0.347 bits per heavy atom. The van der Waals surface area contributed by atoms with Gasteiger partial charge in [0.15, 0.2) is 37.7 Å². The lowest BCUT2D eigenvalue weighted by atomic mass is 9.94. The minimum Gasteiger partial charge on any atom is -0.481 e. The summed E-state index contributed by atoms with van der Waals surface area (Å²) >= 11 is 0. The number of ether oxygens (including phenoxy) is 13. The van der Waals surface area contributed by atoms with Crippen molar-refractivity contribution in [2.45, 2.75) is 204 Å². The van der Waals surface area contributed by atoms with Crippen LogP contribution in [0, 0.1) is 0 Å². The fourth-order valence-electron chi connectivity index (χ4n) is 9.63. The van der Waals surface area contributed by atoms with Gasteiger partial charge in [-0.2, -0.15) is 0 Å². The van der Waals surface area contributed by atoms with Gasteiger partial charge in [0.2, 0.25) is 0 Å². The molecule has 418 valence electrons. The van der Waals surface area contributed by atoms with Crippen molar-refractivity contribution in [1.82, 2.24) is 0 Å². The fraction of sp³-hybridized carbons (Fsp3) is 0.975. The molecule has 0 saturated carbocycles. The molecule has 22 saturated heterocycles. The average molecular weight is 1060 g/mol. The van der Waals surface area contributed by atoms with Gasteiger partial charge in [0.05, 0.1) is 52.2 Å². The first-order valence-corrected chi connectivity index (χ1v) is 23.1. The molecule has 22 aliphatic heterocycles. The third kappa shape index (κ3) is 11.7. The summed E-state index contributed by atoms with van der Waals surface area (Å²) in [5, 5.41) is 197. The third-order valence-corrected chi connectivity index (χ3v) is 13.5. The molecular formula is C40H66O32. The molecule has 1 unspecified atom stereocenters. The number of carbonyl (C=O) groups is 1. The normalized spacial score (nSPS) is 52.1. The van der Waals surface area contributed by atoms with E-state index in [0.717, 1.165) is 0 Å². The molecular weight excluding hydrogens is 992 g/mol. The van der Waals surface area contributed by atoms with Gasteiger partial charge in [0.1, 0.15) is 146 Å². The minimum absolute atomic E-state index is 0.686. The number of aliphatic hydroxyl groups is 17. The number of carboxylic acid groups (broad SMARTS) is 1. The second-order valence-electron chi connectivity index (χ2n) is 18.4. The van der Waals surface area contributed by atoms with Crippen LogP contribution >= 0.6 is 0 Å². The van der Waals surface area contributed by atoms with E-state index in [2.05, 4.69) is 0 Å². The van der Waals surface area contributed by atoms with E-state index in [-0.39, 0.29) is 0 Å². The van der Waals surface area contributed by atoms with Gasteiger partial charge < -0.3 is 153 Å². The zero-order valence-corrected chi connectivity index (χ0v) is 38.1. The Balaban J connectivity index is 1.23. The smallest absolute Gasteiger partial charge is 0.305 e. The Kier molecular flexibility index (Phi) is 19.9. The Morgan fingerprint density at radius 2 is 0.556 bits per heavy atom. The minimum atomic E-state index is -2.20. The monoisotopic (exact) mass is 1060 g/mol. The Hall–Kier alpha value is -1.73. The zero-order valence-electron chi connectivity index (χ0n) is 38.1. The van der Waals surface area contributed by atoms with Gasteiger partial charge in [-0.05, 0) is 6.92 Å². The lowest BCUT2D eigenvalue weighted by Gasteiger charge is -2.51. The highest BCUT2D eigenvalue weighted by atomic mass is 16.8. The molecule has 0 aromatic carbocycles. The molecule has 0 aromatic rings. The van der Waals surface area contributed by atoms with Crippen LogP contribution in [0.15, 0.2) is 0 Å². The van der Waals surface area contributed by atoms with Crippen LogP contribution in [0.5, 0.6) is 0 Å². The average Bonchev–Trinajstić information content (AvgIpc) is 3.35. The second-order valence-corrected chi connectivity index (χ2v) is 18.4. The first-order chi connectivity index (χ1) is 34.2. The molecule has 0 radical (unpaired) electrons. The Morgan fingerprint density at radius 3 is 0.778 bits per heavy atom. The van der Waals surface area contributed by atoms with Crippen LogP contribution in [0.3, 0.4) is 0 Å². The summed E-state index contributed by atoms with van der Waals surface area (Å²) in [6.45, 7) is -4.88. The molecule has 0 amide bonds. The van der Waals surface area contributed by atoms with Gasteiger partial charge in [0, 0.05) is 0 Å². The molecule has 22 aliphatic rings. The van der Waals surface area contributed by atoms with Crippen molar-refractivity contribution in [3.8, 4) is 0 Å². The van der Waals surface area contributed by atoms with Crippen LogP contribution < -0.4 is 0 Å². The van der Waals surface area contributed by atoms with Gasteiger partial charge in [-0.15, -0.1) is 0 Å². The molecule has 72 heavy (non-hydrogen) atoms. The van der Waals surface area contributed by atoms with E-state index in [9.17, 15) is 96.7 Å². The highest BCUT2D eigenvalue weighted by molar-refractivity contribution is 5.67. The highest BCUT2D eigenvalue weighted by Gasteiger charge is 2.59. The van der Waals surface area contributed by atoms with E-state index in [0.29, 0.717) is 0 Å². The number of rotatable bonds is 10. The van der Waals surface area contributed by atoms with Crippen LogP contribution in [-0.4, -0.2) is 328 Å². The van der Waals surface area contributed by atoms with Crippen LogP contribution in [0.25, 0.3) is 0 Å². The number of aliphatic hydroxyl groups excluding tert-OH is 17. The fourth-order valence-corrected chi connectivity index (χ4v) is 9.63. The van der Waals surface area contributed by atoms with E-state index in [1.54, 1.807) is 0 Å². The topological polar surface area (TPSA) is 501 Å². The Bertz CT molecular complexity index is 1690. The van der Waals surface area contributed by atoms with Gasteiger partial charge >= 0.3 is 5.97 Å². The summed E-state index contributed by atoms with van der Waals surface area (Å²) in [6.07, 6.45) is -61.0. The van der Waals surface area contributed by atoms with Crippen LogP contribution in [0.4, 0.5) is 0 Å². The van der Waals surface area contributed by atoms with Crippen molar-refractivity contribution in [2.24, 2.45) is 0 Å². The van der Waals surface area contributed by atoms with Crippen molar-refractivity contribution in [2.75, 3.05) is 39.6 Å². The highest BCUT2D eigenvalue weighted by Crippen LogP contribution is 2.38. The quantitative estimate of drug-likeness (QED) is 0.0966. The van der Waals surface area contributed by atoms with E-state index in [1.165, 1.54) is 6.92 Å².